The quantitative estimate of drug-likeness (QED) is 0.557. The second-order valence-corrected chi connectivity index (χ2v) is 4.73. The average Bonchev–Trinajstić information content (AvgIpc) is 2.27. The summed E-state index contributed by atoms with van der Waals surface area (Å²) >= 11 is 0. The highest BCUT2D eigenvalue weighted by atomic mass is 14.3. The molecule has 2 aliphatic carbocycles. The largest absolute Gasteiger partial charge is 0.0876 e. The van der Waals surface area contributed by atoms with Gasteiger partial charge >= 0.3 is 0 Å². The predicted molar refractivity (Wildman–Crippen MR) is 64.5 cm³/mol. The van der Waals surface area contributed by atoms with Crippen molar-refractivity contribution in [2.75, 3.05) is 0 Å². The fourth-order valence-corrected chi connectivity index (χ4v) is 2.83. The van der Waals surface area contributed by atoms with E-state index in [0.717, 1.165) is 5.92 Å². The van der Waals surface area contributed by atoms with Gasteiger partial charge in [0.2, 0.25) is 0 Å². The van der Waals surface area contributed by atoms with Crippen LogP contribution in [0.15, 0.2) is 36.4 Å². The third-order valence-corrected chi connectivity index (χ3v) is 3.71. The summed E-state index contributed by atoms with van der Waals surface area (Å²) in [7, 11) is 0. The van der Waals surface area contributed by atoms with Crippen molar-refractivity contribution in [2.24, 2.45) is 17.8 Å². The average molecular weight is 196 g/mol. The van der Waals surface area contributed by atoms with E-state index in [1.54, 1.807) is 0 Å². The summed E-state index contributed by atoms with van der Waals surface area (Å²) in [5.74, 6) is 2.12. The fourth-order valence-electron chi connectivity index (χ4n) is 2.83. The number of rotatable bonds is 0. The molecule has 3 rings (SSSR count). The SMILES string of the molecule is CC1C=CCC2C=c3ccccc3=CC12. The second-order valence-electron chi connectivity index (χ2n) is 4.73. The van der Waals surface area contributed by atoms with Gasteiger partial charge in [-0.05, 0) is 34.6 Å². The first-order valence-electron chi connectivity index (χ1n) is 5.80. The number of hydrogen-bond acceptors (Lipinski definition) is 0. The van der Waals surface area contributed by atoms with Crippen molar-refractivity contribution >= 4 is 12.2 Å². The molecule has 0 spiro atoms. The zero-order valence-electron chi connectivity index (χ0n) is 9.06. The smallest absolute Gasteiger partial charge is 0.00977 e. The highest BCUT2D eigenvalue weighted by Gasteiger charge is 2.25. The molecule has 1 aromatic rings. The lowest BCUT2D eigenvalue weighted by atomic mass is 9.74. The van der Waals surface area contributed by atoms with Crippen molar-refractivity contribution < 1.29 is 0 Å². The molecule has 15 heavy (non-hydrogen) atoms. The van der Waals surface area contributed by atoms with Gasteiger partial charge in [-0.3, -0.25) is 0 Å². The summed E-state index contributed by atoms with van der Waals surface area (Å²) < 4.78 is 0. The molecule has 2 aliphatic rings. The highest BCUT2D eigenvalue weighted by molar-refractivity contribution is 5.45. The molecule has 0 amide bonds. The first-order valence-corrected chi connectivity index (χ1v) is 5.80. The van der Waals surface area contributed by atoms with Gasteiger partial charge < -0.3 is 0 Å². The second kappa shape index (κ2) is 3.37. The Morgan fingerprint density at radius 1 is 1.07 bits per heavy atom. The molecular weight excluding hydrogens is 180 g/mol. The maximum Gasteiger partial charge on any atom is -0.00977 e. The third kappa shape index (κ3) is 1.45. The lowest BCUT2D eigenvalue weighted by molar-refractivity contribution is 0.410. The molecule has 76 valence electrons. The van der Waals surface area contributed by atoms with Crippen molar-refractivity contribution in [2.45, 2.75) is 13.3 Å². The molecule has 0 fully saturated rings. The van der Waals surface area contributed by atoms with Crippen LogP contribution < -0.4 is 10.4 Å². The number of allylic oxidation sites excluding steroid dienone is 2. The third-order valence-electron chi connectivity index (χ3n) is 3.71. The minimum Gasteiger partial charge on any atom is -0.0876 e. The van der Waals surface area contributed by atoms with Crippen LogP contribution in [0.1, 0.15) is 13.3 Å². The first-order chi connectivity index (χ1) is 7.34. The maximum absolute atomic E-state index is 2.47. The van der Waals surface area contributed by atoms with E-state index in [2.05, 4.69) is 55.5 Å². The van der Waals surface area contributed by atoms with E-state index in [9.17, 15) is 0 Å². The zero-order valence-corrected chi connectivity index (χ0v) is 9.06. The molecule has 0 heterocycles. The molecule has 0 nitrogen and oxygen atoms in total. The van der Waals surface area contributed by atoms with Gasteiger partial charge in [-0.1, -0.05) is 55.5 Å². The Kier molecular flexibility index (Phi) is 2.02. The van der Waals surface area contributed by atoms with Crippen LogP contribution >= 0.6 is 0 Å². The molecule has 3 atom stereocenters. The maximum atomic E-state index is 2.47. The van der Waals surface area contributed by atoms with Crippen molar-refractivity contribution in [1.29, 1.82) is 0 Å². The Balaban J connectivity index is 2.18. The normalized spacial score (nSPS) is 32.2. The highest BCUT2D eigenvalue weighted by Crippen LogP contribution is 2.33. The molecule has 0 N–H and O–H groups in total. The number of benzene rings is 1. The molecule has 0 saturated carbocycles. The van der Waals surface area contributed by atoms with Gasteiger partial charge in [0.05, 0.1) is 0 Å². The minimum absolute atomic E-state index is 0.688. The van der Waals surface area contributed by atoms with Crippen LogP contribution in [0.25, 0.3) is 12.2 Å². The first kappa shape index (κ1) is 8.96. The molecule has 0 aromatic heterocycles. The fraction of sp³-hybridized carbons (Fsp3) is 0.333. The summed E-state index contributed by atoms with van der Waals surface area (Å²) in [6.45, 7) is 2.33. The lowest BCUT2D eigenvalue weighted by Crippen LogP contribution is -2.35. The summed E-state index contributed by atoms with van der Waals surface area (Å²) in [5, 5.41) is 2.84. The Hall–Kier alpha value is -1.30. The monoisotopic (exact) mass is 196 g/mol. The molecule has 0 heteroatoms. The molecule has 3 unspecified atom stereocenters. The number of fused-ring (bicyclic) bond motifs is 2. The molecule has 0 bridgehead atoms. The van der Waals surface area contributed by atoms with E-state index in [4.69, 9.17) is 0 Å². The van der Waals surface area contributed by atoms with Gasteiger partial charge in [-0.2, -0.15) is 0 Å². The topological polar surface area (TPSA) is 0 Å². The van der Waals surface area contributed by atoms with E-state index in [1.807, 2.05) is 0 Å². The summed E-state index contributed by atoms with van der Waals surface area (Å²) in [5.41, 5.74) is 0. The summed E-state index contributed by atoms with van der Waals surface area (Å²) in [6.07, 6.45) is 10.8. The van der Waals surface area contributed by atoms with Gasteiger partial charge in [-0.25, -0.2) is 0 Å². The van der Waals surface area contributed by atoms with Crippen LogP contribution in [-0.4, -0.2) is 0 Å². The van der Waals surface area contributed by atoms with Crippen LogP contribution in [0, 0.1) is 17.8 Å². The molecule has 0 radical (unpaired) electrons. The van der Waals surface area contributed by atoms with Gasteiger partial charge in [-0.15, -0.1) is 0 Å². The van der Waals surface area contributed by atoms with E-state index in [0.29, 0.717) is 11.8 Å². The summed E-state index contributed by atoms with van der Waals surface area (Å²) in [4.78, 5) is 0. The van der Waals surface area contributed by atoms with Gasteiger partial charge in [0.1, 0.15) is 0 Å². The van der Waals surface area contributed by atoms with E-state index in [-0.39, 0.29) is 0 Å². The summed E-state index contributed by atoms with van der Waals surface area (Å²) in [6, 6.07) is 8.72. The van der Waals surface area contributed by atoms with Crippen LogP contribution in [0.5, 0.6) is 0 Å². The van der Waals surface area contributed by atoms with Crippen LogP contribution in [0.2, 0.25) is 0 Å². The van der Waals surface area contributed by atoms with Gasteiger partial charge in [0.25, 0.3) is 0 Å². The molecule has 0 saturated heterocycles. The van der Waals surface area contributed by atoms with Gasteiger partial charge in [0.15, 0.2) is 0 Å². The Morgan fingerprint density at radius 3 is 2.60 bits per heavy atom. The van der Waals surface area contributed by atoms with Crippen molar-refractivity contribution in [3.05, 3.63) is 46.9 Å². The van der Waals surface area contributed by atoms with E-state index < -0.39 is 0 Å². The minimum atomic E-state index is 0.688. The Bertz CT molecular complexity index is 507. The van der Waals surface area contributed by atoms with Crippen molar-refractivity contribution in [3.8, 4) is 0 Å². The molecular formula is C15H16. The van der Waals surface area contributed by atoms with E-state index in [1.165, 1.54) is 16.9 Å². The number of hydrogen-bond donors (Lipinski definition) is 0. The van der Waals surface area contributed by atoms with Crippen molar-refractivity contribution in [3.63, 3.8) is 0 Å². The van der Waals surface area contributed by atoms with Crippen LogP contribution in [-0.2, 0) is 0 Å². The van der Waals surface area contributed by atoms with Crippen molar-refractivity contribution in [1.82, 2.24) is 0 Å². The van der Waals surface area contributed by atoms with E-state index >= 15 is 0 Å². The van der Waals surface area contributed by atoms with Gasteiger partial charge in [0, 0.05) is 0 Å². The van der Waals surface area contributed by atoms with Crippen LogP contribution in [0.3, 0.4) is 0 Å². The van der Waals surface area contributed by atoms with Crippen LogP contribution in [0.4, 0.5) is 0 Å². The predicted octanol–water partition coefficient (Wildman–Crippen LogP) is 2.09. The lowest BCUT2D eigenvalue weighted by Gasteiger charge is -2.31. The standard InChI is InChI=1S/C15H16/c1-11-5-4-8-14-9-12-6-2-3-7-13(12)10-15(11)14/h2-7,9-11,14-15H,8H2,1H3. The Labute approximate surface area is 90.6 Å². The zero-order chi connectivity index (χ0) is 10.3. The Morgan fingerprint density at radius 2 is 1.80 bits per heavy atom. The molecule has 1 aromatic carbocycles. The molecule has 0 aliphatic heterocycles.